The first-order valence-corrected chi connectivity index (χ1v) is 9.36. The van der Waals surface area contributed by atoms with Crippen molar-refractivity contribution < 1.29 is 14.3 Å². The van der Waals surface area contributed by atoms with Gasteiger partial charge in [0.1, 0.15) is 11.9 Å². The highest BCUT2D eigenvalue weighted by atomic mass is 35.5. The van der Waals surface area contributed by atoms with Gasteiger partial charge in [0.05, 0.1) is 5.56 Å². The summed E-state index contributed by atoms with van der Waals surface area (Å²) >= 11 is 6.02. The second kappa shape index (κ2) is 7.85. The lowest BCUT2D eigenvalue weighted by Gasteiger charge is -2.38. The highest BCUT2D eigenvalue weighted by Gasteiger charge is 2.33. The van der Waals surface area contributed by atoms with Gasteiger partial charge in [-0.1, -0.05) is 35.9 Å². The van der Waals surface area contributed by atoms with E-state index in [9.17, 15) is 9.59 Å². The first-order chi connectivity index (χ1) is 14.0. The maximum Gasteiger partial charge on any atom is 0.262 e. The first kappa shape index (κ1) is 18.8. The maximum absolute atomic E-state index is 13.3. The molecule has 0 aromatic heterocycles. The SMILES string of the molecule is NC(=O)COc1ccc([C@@H]2Nc3ccccc3C(=O)N2c2ccc(Cl)cc2)cc1. The topological polar surface area (TPSA) is 84.7 Å². The van der Waals surface area contributed by atoms with Crippen LogP contribution in [0.4, 0.5) is 11.4 Å². The molecule has 1 atom stereocenters. The predicted molar refractivity (Wildman–Crippen MR) is 112 cm³/mol. The summed E-state index contributed by atoms with van der Waals surface area (Å²) in [7, 11) is 0. The summed E-state index contributed by atoms with van der Waals surface area (Å²) in [5.41, 5.74) is 8.05. The van der Waals surface area contributed by atoms with Crippen molar-refractivity contribution >= 4 is 34.8 Å². The molecule has 146 valence electrons. The number of ether oxygens (including phenoxy) is 1. The molecule has 4 rings (SSSR count). The molecule has 0 bridgehead atoms. The number of anilines is 2. The van der Waals surface area contributed by atoms with E-state index >= 15 is 0 Å². The molecule has 1 aliphatic rings. The molecule has 3 aromatic carbocycles. The summed E-state index contributed by atoms with van der Waals surface area (Å²) in [5.74, 6) is -0.131. The number of nitrogens with zero attached hydrogens (tertiary/aromatic N) is 1. The monoisotopic (exact) mass is 407 g/mol. The van der Waals surface area contributed by atoms with Crippen molar-refractivity contribution in [3.63, 3.8) is 0 Å². The van der Waals surface area contributed by atoms with Crippen molar-refractivity contribution in [1.82, 2.24) is 0 Å². The smallest absolute Gasteiger partial charge is 0.262 e. The largest absolute Gasteiger partial charge is 0.484 e. The second-order valence-corrected chi connectivity index (χ2v) is 7.00. The van der Waals surface area contributed by atoms with Gasteiger partial charge in [0.25, 0.3) is 11.8 Å². The zero-order valence-corrected chi connectivity index (χ0v) is 16.1. The minimum absolute atomic E-state index is 0.110. The lowest BCUT2D eigenvalue weighted by molar-refractivity contribution is -0.119. The molecular formula is C22H18ClN3O3. The Balaban J connectivity index is 1.71. The number of nitrogens with one attached hydrogen (secondary N) is 1. The van der Waals surface area contributed by atoms with E-state index in [1.807, 2.05) is 42.5 Å². The number of carbonyl (C=O) groups is 2. The molecule has 0 aliphatic carbocycles. The predicted octanol–water partition coefficient (Wildman–Crippen LogP) is 3.98. The fraction of sp³-hybridized carbons (Fsp3) is 0.0909. The van der Waals surface area contributed by atoms with Gasteiger partial charge in [-0.2, -0.15) is 0 Å². The number of amides is 2. The van der Waals surface area contributed by atoms with Gasteiger partial charge in [-0.25, -0.2) is 0 Å². The van der Waals surface area contributed by atoms with E-state index in [4.69, 9.17) is 22.1 Å². The Labute approximate surface area is 172 Å². The third kappa shape index (κ3) is 3.88. The average molecular weight is 408 g/mol. The number of primary amides is 1. The van der Waals surface area contributed by atoms with E-state index in [1.165, 1.54) is 0 Å². The molecule has 1 heterocycles. The Morgan fingerprint density at radius 3 is 2.41 bits per heavy atom. The van der Waals surface area contributed by atoms with Crippen LogP contribution in [0.5, 0.6) is 5.75 Å². The highest BCUT2D eigenvalue weighted by Crippen LogP contribution is 2.37. The van der Waals surface area contributed by atoms with E-state index < -0.39 is 12.1 Å². The molecule has 6 nitrogen and oxygen atoms in total. The summed E-state index contributed by atoms with van der Waals surface area (Å²) in [6.45, 7) is -0.191. The number of benzene rings is 3. The summed E-state index contributed by atoms with van der Waals surface area (Å²) < 4.78 is 5.32. The van der Waals surface area contributed by atoms with Crippen molar-refractivity contribution in [2.24, 2.45) is 5.73 Å². The Kier molecular flexibility index (Phi) is 5.10. The van der Waals surface area contributed by atoms with Crippen LogP contribution in [-0.2, 0) is 4.79 Å². The van der Waals surface area contributed by atoms with Crippen LogP contribution >= 0.6 is 11.6 Å². The number of fused-ring (bicyclic) bond motifs is 1. The number of hydrogen-bond donors (Lipinski definition) is 2. The van der Waals surface area contributed by atoms with Gasteiger partial charge in [-0.15, -0.1) is 0 Å². The average Bonchev–Trinajstić information content (AvgIpc) is 2.73. The van der Waals surface area contributed by atoms with Crippen molar-refractivity contribution in [3.05, 3.63) is 88.9 Å². The molecule has 3 N–H and O–H groups in total. The molecule has 2 amide bonds. The highest BCUT2D eigenvalue weighted by molar-refractivity contribution is 6.30. The molecule has 7 heteroatoms. The van der Waals surface area contributed by atoms with Crippen LogP contribution in [0.25, 0.3) is 0 Å². The van der Waals surface area contributed by atoms with Gasteiger partial charge in [0.15, 0.2) is 6.61 Å². The third-order valence-electron chi connectivity index (χ3n) is 4.61. The first-order valence-electron chi connectivity index (χ1n) is 8.99. The maximum atomic E-state index is 13.3. The van der Waals surface area contributed by atoms with Crippen LogP contribution in [0.1, 0.15) is 22.1 Å². The van der Waals surface area contributed by atoms with E-state index in [1.54, 1.807) is 35.2 Å². The minimum Gasteiger partial charge on any atom is -0.484 e. The molecule has 0 saturated heterocycles. The third-order valence-corrected chi connectivity index (χ3v) is 4.86. The van der Waals surface area contributed by atoms with Crippen LogP contribution in [-0.4, -0.2) is 18.4 Å². The van der Waals surface area contributed by atoms with Gasteiger partial charge < -0.3 is 15.8 Å². The summed E-state index contributed by atoms with van der Waals surface area (Å²) in [6.07, 6.45) is -0.427. The molecule has 3 aromatic rings. The number of carbonyl (C=O) groups excluding carboxylic acids is 2. The molecule has 0 spiro atoms. The molecule has 0 fully saturated rings. The second-order valence-electron chi connectivity index (χ2n) is 6.57. The molecule has 0 unspecified atom stereocenters. The van der Waals surface area contributed by atoms with Crippen LogP contribution in [0.2, 0.25) is 5.02 Å². The van der Waals surface area contributed by atoms with Gasteiger partial charge in [-0.05, 0) is 54.1 Å². The van der Waals surface area contributed by atoms with Crippen molar-refractivity contribution in [3.8, 4) is 5.75 Å². The van der Waals surface area contributed by atoms with Crippen molar-refractivity contribution in [2.75, 3.05) is 16.8 Å². The van der Waals surface area contributed by atoms with Gasteiger partial charge in [0, 0.05) is 16.4 Å². The fourth-order valence-electron chi connectivity index (χ4n) is 3.26. The Bertz CT molecular complexity index is 1050. The number of rotatable bonds is 5. The zero-order chi connectivity index (χ0) is 20.4. The fourth-order valence-corrected chi connectivity index (χ4v) is 3.38. The van der Waals surface area contributed by atoms with E-state index in [-0.39, 0.29) is 12.5 Å². The van der Waals surface area contributed by atoms with Crippen LogP contribution in [0.3, 0.4) is 0 Å². The molecule has 29 heavy (non-hydrogen) atoms. The van der Waals surface area contributed by atoms with Gasteiger partial charge >= 0.3 is 0 Å². The Morgan fingerprint density at radius 2 is 1.72 bits per heavy atom. The molecule has 0 saturated carbocycles. The van der Waals surface area contributed by atoms with Crippen molar-refractivity contribution in [1.29, 1.82) is 0 Å². The standard InChI is InChI=1S/C22H18ClN3O3/c23-15-7-9-16(10-8-15)26-21(25-19-4-2-1-3-18(19)22(26)28)14-5-11-17(12-6-14)29-13-20(24)27/h1-12,21,25H,13H2,(H2,24,27)/t21-/m1/s1. The van der Waals surface area contributed by atoms with Crippen LogP contribution < -0.4 is 20.7 Å². The number of nitrogens with two attached hydrogens (primary N) is 1. The van der Waals surface area contributed by atoms with Crippen molar-refractivity contribution in [2.45, 2.75) is 6.17 Å². The number of para-hydroxylation sites is 1. The van der Waals surface area contributed by atoms with Gasteiger partial charge in [0.2, 0.25) is 0 Å². The zero-order valence-electron chi connectivity index (χ0n) is 15.3. The molecule has 1 aliphatic heterocycles. The summed E-state index contributed by atoms with van der Waals surface area (Å²) in [4.78, 5) is 25.9. The lowest BCUT2D eigenvalue weighted by atomic mass is 10.0. The normalized spacial score (nSPS) is 15.4. The quantitative estimate of drug-likeness (QED) is 0.670. The summed E-state index contributed by atoms with van der Waals surface area (Å²) in [5, 5.41) is 4.03. The summed E-state index contributed by atoms with van der Waals surface area (Å²) in [6, 6.07) is 21.7. The van der Waals surface area contributed by atoms with E-state index in [0.29, 0.717) is 16.3 Å². The van der Waals surface area contributed by atoms with Gasteiger partial charge in [-0.3, -0.25) is 14.5 Å². The van der Waals surface area contributed by atoms with E-state index in [2.05, 4.69) is 5.32 Å². The Hall–Kier alpha value is -3.51. The molecular weight excluding hydrogens is 390 g/mol. The Morgan fingerprint density at radius 1 is 1.03 bits per heavy atom. The molecule has 0 radical (unpaired) electrons. The lowest BCUT2D eigenvalue weighted by Crippen LogP contribution is -2.43. The van der Waals surface area contributed by atoms with Crippen LogP contribution in [0.15, 0.2) is 72.8 Å². The minimum atomic E-state index is -0.542. The van der Waals surface area contributed by atoms with Crippen LogP contribution in [0, 0.1) is 0 Å². The number of halogens is 1. The van der Waals surface area contributed by atoms with E-state index in [0.717, 1.165) is 16.9 Å². The number of hydrogen-bond acceptors (Lipinski definition) is 4.